The first kappa shape index (κ1) is 12.6. The summed E-state index contributed by atoms with van der Waals surface area (Å²) in [5.74, 6) is 0. The van der Waals surface area contributed by atoms with Crippen molar-refractivity contribution in [3.63, 3.8) is 0 Å². The van der Waals surface area contributed by atoms with E-state index in [9.17, 15) is 0 Å². The van der Waals surface area contributed by atoms with Crippen molar-refractivity contribution in [3.05, 3.63) is 35.9 Å². The van der Waals surface area contributed by atoms with Gasteiger partial charge in [0.2, 0.25) is 0 Å². The minimum Gasteiger partial charge on any atom is -0.411 e. The van der Waals surface area contributed by atoms with Crippen LogP contribution in [-0.2, 0) is 14.2 Å². The Hall–Kier alpha value is -1.43. The van der Waals surface area contributed by atoms with Gasteiger partial charge >= 0.3 is 0 Å². The van der Waals surface area contributed by atoms with E-state index in [1.807, 2.05) is 37.3 Å². The Kier molecular flexibility index (Phi) is 3.50. The van der Waals surface area contributed by atoms with Crippen molar-refractivity contribution in [1.82, 2.24) is 0 Å². The van der Waals surface area contributed by atoms with Crippen molar-refractivity contribution in [3.8, 4) is 0 Å². The van der Waals surface area contributed by atoms with Gasteiger partial charge in [0.25, 0.3) is 0 Å². The molecule has 1 N–H and O–H groups in total. The van der Waals surface area contributed by atoms with Gasteiger partial charge in [-0.15, -0.1) is 0 Å². The Labute approximate surface area is 111 Å². The van der Waals surface area contributed by atoms with Crippen molar-refractivity contribution in [2.45, 2.75) is 37.9 Å². The van der Waals surface area contributed by atoms with Crippen LogP contribution < -0.4 is 0 Å². The number of ether oxygens (including phenoxy) is 3. The first-order valence-corrected chi connectivity index (χ1v) is 6.46. The summed E-state index contributed by atoms with van der Waals surface area (Å²) in [6.07, 6.45) is -0.363. The summed E-state index contributed by atoms with van der Waals surface area (Å²) in [4.78, 5) is 0. The zero-order chi connectivity index (χ0) is 13.2. The maximum Gasteiger partial charge on any atom is 0.184 e. The summed E-state index contributed by atoms with van der Waals surface area (Å²) < 4.78 is 17.3. The fraction of sp³-hybridized carbons (Fsp3) is 0.500. The molecule has 3 rings (SSSR count). The van der Waals surface area contributed by atoms with Crippen LogP contribution in [0, 0.1) is 0 Å². The third-order valence-corrected chi connectivity index (χ3v) is 3.45. The van der Waals surface area contributed by atoms with Crippen LogP contribution in [0.3, 0.4) is 0 Å². The predicted molar refractivity (Wildman–Crippen MR) is 68.2 cm³/mol. The van der Waals surface area contributed by atoms with Crippen LogP contribution in [0.15, 0.2) is 35.5 Å². The van der Waals surface area contributed by atoms with Gasteiger partial charge in [-0.1, -0.05) is 35.5 Å². The fourth-order valence-electron chi connectivity index (χ4n) is 2.57. The van der Waals surface area contributed by atoms with Gasteiger partial charge in [0.05, 0.1) is 18.4 Å². The molecule has 5 nitrogen and oxygen atoms in total. The minimum atomic E-state index is -0.434. The lowest BCUT2D eigenvalue weighted by Gasteiger charge is -2.41. The zero-order valence-electron chi connectivity index (χ0n) is 10.7. The molecule has 2 heterocycles. The van der Waals surface area contributed by atoms with E-state index < -0.39 is 6.29 Å². The lowest BCUT2D eigenvalue weighted by Crippen LogP contribution is -2.52. The molecule has 0 aliphatic carbocycles. The number of hydrogen-bond acceptors (Lipinski definition) is 5. The topological polar surface area (TPSA) is 60.3 Å². The maximum atomic E-state index is 9.12. The number of nitrogens with zero attached hydrogens (tertiary/aromatic N) is 1. The first-order chi connectivity index (χ1) is 9.28. The molecule has 0 radical (unpaired) electrons. The summed E-state index contributed by atoms with van der Waals surface area (Å²) in [6.45, 7) is 2.39. The zero-order valence-corrected chi connectivity index (χ0v) is 10.7. The SMILES string of the molecule is C[C@@H]1CC(=NO)[C@@H]2O[C@H](c3ccccc3)OC[C@H]2O1. The quantitative estimate of drug-likeness (QED) is 0.622. The third-order valence-electron chi connectivity index (χ3n) is 3.45. The molecule has 0 unspecified atom stereocenters. The van der Waals surface area contributed by atoms with Gasteiger partial charge in [0, 0.05) is 12.0 Å². The lowest BCUT2D eigenvalue weighted by molar-refractivity contribution is -0.261. The van der Waals surface area contributed by atoms with Crippen molar-refractivity contribution in [1.29, 1.82) is 0 Å². The Morgan fingerprint density at radius 2 is 2.00 bits per heavy atom. The second-order valence-corrected chi connectivity index (χ2v) is 4.91. The monoisotopic (exact) mass is 263 g/mol. The molecule has 2 aliphatic rings. The summed E-state index contributed by atoms with van der Waals surface area (Å²) in [7, 11) is 0. The number of hydrogen-bond donors (Lipinski definition) is 1. The summed E-state index contributed by atoms with van der Waals surface area (Å²) in [5, 5.41) is 12.5. The fourth-order valence-corrected chi connectivity index (χ4v) is 2.57. The number of benzene rings is 1. The molecule has 5 heteroatoms. The minimum absolute atomic E-state index is 0.0209. The van der Waals surface area contributed by atoms with E-state index in [4.69, 9.17) is 19.4 Å². The third kappa shape index (κ3) is 2.49. The summed E-state index contributed by atoms with van der Waals surface area (Å²) >= 11 is 0. The molecule has 2 aliphatic heterocycles. The van der Waals surface area contributed by atoms with Crippen LogP contribution in [0.1, 0.15) is 25.2 Å². The van der Waals surface area contributed by atoms with Crippen molar-refractivity contribution in [2.75, 3.05) is 6.61 Å². The molecule has 0 saturated carbocycles. The number of rotatable bonds is 1. The van der Waals surface area contributed by atoms with Gasteiger partial charge in [-0.2, -0.15) is 0 Å². The average Bonchev–Trinajstić information content (AvgIpc) is 2.46. The molecule has 0 bridgehead atoms. The van der Waals surface area contributed by atoms with E-state index in [1.54, 1.807) is 0 Å². The van der Waals surface area contributed by atoms with E-state index in [-0.39, 0.29) is 18.3 Å². The summed E-state index contributed by atoms with van der Waals surface area (Å²) in [5.41, 5.74) is 1.59. The van der Waals surface area contributed by atoms with Crippen molar-refractivity contribution >= 4 is 5.71 Å². The van der Waals surface area contributed by atoms with Crippen molar-refractivity contribution < 1.29 is 19.4 Å². The second-order valence-electron chi connectivity index (χ2n) is 4.91. The maximum absolute atomic E-state index is 9.12. The molecule has 0 aromatic heterocycles. The highest BCUT2D eigenvalue weighted by Gasteiger charge is 2.41. The van der Waals surface area contributed by atoms with E-state index in [0.717, 1.165) is 5.56 Å². The van der Waals surface area contributed by atoms with Crippen LogP contribution in [-0.4, -0.2) is 35.8 Å². The largest absolute Gasteiger partial charge is 0.411 e. The van der Waals surface area contributed by atoms with Crippen LogP contribution >= 0.6 is 0 Å². The van der Waals surface area contributed by atoms with E-state index in [0.29, 0.717) is 18.7 Å². The highest BCUT2D eigenvalue weighted by Crippen LogP contribution is 2.32. The molecular weight excluding hydrogens is 246 g/mol. The normalized spacial score (nSPS) is 37.0. The van der Waals surface area contributed by atoms with Crippen LogP contribution in [0.25, 0.3) is 0 Å². The molecule has 2 fully saturated rings. The van der Waals surface area contributed by atoms with Crippen LogP contribution in [0.4, 0.5) is 0 Å². The molecule has 19 heavy (non-hydrogen) atoms. The van der Waals surface area contributed by atoms with E-state index in [2.05, 4.69) is 5.16 Å². The molecular formula is C14H17NO4. The first-order valence-electron chi connectivity index (χ1n) is 6.46. The molecule has 102 valence electrons. The molecule has 0 spiro atoms. The average molecular weight is 263 g/mol. The smallest absolute Gasteiger partial charge is 0.184 e. The summed E-state index contributed by atoms with van der Waals surface area (Å²) in [6, 6.07) is 9.73. The van der Waals surface area contributed by atoms with E-state index >= 15 is 0 Å². The van der Waals surface area contributed by atoms with Crippen LogP contribution in [0.5, 0.6) is 0 Å². The Bertz CT molecular complexity index is 462. The van der Waals surface area contributed by atoms with Gasteiger partial charge in [0.1, 0.15) is 12.2 Å². The lowest BCUT2D eigenvalue weighted by atomic mass is 9.98. The van der Waals surface area contributed by atoms with Crippen LogP contribution in [0.2, 0.25) is 0 Å². The van der Waals surface area contributed by atoms with Gasteiger partial charge in [0.15, 0.2) is 6.29 Å². The molecule has 4 atom stereocenters. The Balaban J connectivity index is 1.78. The molecule has 2 saturated heterocycles. The predicted octanol–water partition coefficient (Wildman–Crippen LogP) is 2.11. The van der Waals surface area contributed by atoms with Crippen molar-refractivity contribution in [2.24, 2.45) is 5.16 Å². The molecule has 1 aromatic rings. The highest BCUT2D eigenvalue weighted by molar-refractivity contribution is 5.90. The van der Waals surface area contributed by atoms with Gasteiger partial charge in [-0.05, 0) is 6.92 Å². The molecule has 1 aromatic carbocycles. The van der Waals surface area contributed by atoms with E-state index in [1.165, 1.54) is 0 Å². The molecule has 0 amide bonds. The standard InChI is InChI=1S/C14H17NO4/c1-9-7-11(15-16)13-12(18-9)8-17-14(19-13)10-5-3-2-4-6-10/h2-6,9,12-14,16H,7-8H2,1H3/t9-,12-,13+,14-/m1/s1. The number of oxime groups is 1. The Morgan fingerprint density at radius 3 is 2.74 bits per heavy atom. The van der Waals surface area contributed by atoms with Gasteiger partial charge in [-0.3, -0.25) is 0 Å². The highest BCUT2D eigenvalue weighted by atomic mass is 16.7. The van der Waals surface area contributed by atoms with Gasteiger partial charge in [-0.25, -0.2) is 0 Å². The second kappa shape index (κ2) is 5.28. The Morgan fingerprint density at radius 1 is 1.21 bits per heavy atom. The van der Waals surface area contributed by atoms with Gasteiger partial charge < -0.3 is 19.4 Å². The number of fused-ring (bicyclic) bond motifs is 1.